The number of aliphatic hydroxyl groups is 1. The third-order valence-electron chi connectivity index (χ3n) is 3.15. The normalized spacial score (nSPS) is 24.8. The summed E-state index contributed by atoms with van der Waals surface area (Å²) in [6.07, 6.45) is -6.54. The van der Waals surface area contributed by atoms with Crippen LogP contribution in [-0.4, -0.2) is 34.3 Å². The second-order valence-electron chi connectivity index (χ2n) is 4.76. The van der Waals surface area contributed by atoms with E-state index in [2.05, 4.69) is 4.99 Å². The standard InChI is InChI=1S/C14H10F5NO2/c15-13(16,14(17,18)19)12(22)7-6-11(21)10(8-12)20-9-4-2-1-3-5-9/h1-7,22H,8H2. The molecule has 0 aromatic heterocycles. The van der Waals surface area contributed by atoms with Crippen LogP contribution in [0.1, 0.15) is 6.42 Å². The van der Waals surface area contributed by atoms with Crippen LogP contribution in [0, 0.1) is 0 Å². The van der Waals surface area contributed by atoms with E-state index in [1.54, 1.807) is 18.2 Å². The maximum Gasteiger partial charge on any atom is 0.456 e. The number of alkyl halides is 5. The zero-order valence-corrected chi connectivity index (χ0v) is 10.9. The second kappa shape index (κ2) is 5.28. The van der Waals surface area contributed by atoms with E-state index < -0.39 is 35.6 Å². The van der Waals surface area contributed by atoms with Gasteiger partial charge in [-0.05, 0) is 24.3 Å². The summed E-state index contributed by atoms with van der Waals surface area (Å²) in [4.78, 5) is 15.4. The van der Waals surface area contributed by atoms with Crippen LogP contribution in [0.5, 0.6) is 0 Å². The summed E-state index contributed by atoms with van der Waals surface area (Å²) in [5.41, 5.74) is -3.91. The van der Waals surface area contributed by atoms with Crippen LogP contribution in [0.25, 0.3) is 0 Å². The molecule has 0 fully saturated rings. The quantitative estimate of drug-likeness (QED) is 0.851. The first-order valence-corrected chi connectivity index (χ1v) is 6.10. The van der Waals surface area contributed by atoms with Crippen molar-refractivity contribution in [1.29, 1.82) is 0 Å². The number of halogens is 5. The average Bonchev–Trinajstić information content (AvgIpc) is 2.43. The van der Waals surface area contributed by atoms with Gasteiger partial charge in [0.1, 0.15) is 0 Å². The third-order valence-corrected chi connectivity index (χ3v) is 3.15. The van der Waals surface area contributed by atoms with Crippen LogP contribution in [0.2, 0.25) is 0 Å². The van der Waals surface area contributed by atoms with Crippen molar-refractivity contribution in [2.75, 3.05) is 0 Å². The van der Waals surface area contributed by atoms with Gasteiger partial charge in [-0.2, -0.15) is 22.0 Å². The summed E-state index contributed by atoms with van der Waals surface area (Å²) in [5, 5.41) is 9.71. The van der Waals surface area contributed by atoms with E-state index in [1.807, 2.05) is 0 Å². The molecule has 0 heterocycles. The van der Waals surface area contributed by atoms with Gasteiger partial charge in [0.25, 0.3) is 0 Å². The van der Waals surface area contributed by atoms with E-state index in [0.29, 0.717) is 6.08 Å². The number of carbonyl (C=O) groups excluding carboxylic acids is 1. The molecule has 8 heteroatoms. The van der Waals surface area contributed by atoms with Crippen molar-refractivity contribution >= 4 is 17.2 Å². The van der Waals surface area contributed by atoms with E-state index in [1.165, 1.54) is 12.1 Å². The third kappa shape index (κ3) is 2.78. The van der Waals surface area contributed by atoms with Gasteiger partial charge < -0.3 is 5.11 Å². The monoisotopic (exact) mass is 319 g/mol. The minimum Gasteiger partial charge on any atom is -0.379 e. The van der Waals surface area contributed by atoms with Crippen LogP contribution >= 0.6 is 0 Å². The molecule has 0 radical (unpaired) electrons. The number of hydrogen-bond acceptors (Lipinski definition) is 3. The molecule has 1 aliphatic rings. The summed E-state index contributed by atoms with van der Waals surface area (Å²) < 4.78 is 64.2. The maximum atomic E-state index is 13.4. The van der Waals surface area contributed by atoms with Crippen molar-refractivity contribution in [2.45, 2.75) is 24.1 Å². The lowest BCUT2D eigenvalue weighted by Gasteiger charge is -2.36. The Morgan fingerprint density at radius 3 is 2.23 bits per heavy atom. The largest absolute Gasteiger partial charge is 0.456 e. The van der Waals surface area contributed by atoms with Gasteiger partial charge in [0, 0.05) is 6.42 Å². The first kappa shape index (κ1) is 16.3. The molecule has 118 valence electrons. The molecule has 0 spiro atoms. The van der Waals surface area contributed by atoms with E-state index in [4.69, 9.17) is 0 Å². The Hall–Kier alpha value is -2.09. The predicted molar refractivity (Wildman–Crippen MR) is 68.3 cm³/mol. The smallest absolute Gasteiger partial charge is 0.379 e. The lowest BCUT2D eigenvalue weighted by molar-refractivity contribution is -0.329. The van der Waals surface area contributed by atoms with E-state index in [-0.39, 0.29) is 11.8 Å². The fourth-order valence-corrected chi connectivity index (χ4v) is 1.93. The first-order chi connectivity index (χ1) is 10.1. The Bertz CT molecular complexity index is 636. The van der Waals surface area contributed by atoms with E-state index >= 15 is 0 Å². The van der Waals surface area contributed by atoms with E-state index in [0.717, 1.165) is 0 Å². The zero-order chi connectivity index (χ0) is 16.6. The Morgan fingerprint density at radius 2 is 1.68 bits per heavy atom. The molecule has 1 atom stereocenters. The minimum atomic E-state index is -5.95. The molecule has 0 aliphatic heterocycles. The number of ketones is 1. The molecule has 2 rings (SSSR count). The Labute approximate surface area is 121 Å². The summed E-state index contributed by atoms with van der Waals surface area (Å²) in [6.45, 7) is 0. The first-order valence-electron chi connectivity index (χ1n) is 6.10. The average molecular weight is 319 g/mol. The van der Waals surface area contributed by atoms with Gasteiger partial charge in [0.05, 0.1) is 11.4 Å². The topological polar surface area (TPSA) is 49.7 Å². The van der Waals surface area contributed by atoms with Gasteiger partial charge in [0.15, 0.2) is 11.4 Å². The van der Waals surface area contributed by atoms with Crippen LogP contribution in [0.15, 0.2) is 47.5 Å². The highest BCUT2D eigenvalue weighted by molar-refractivity contribution is 6.45. The number of aliphatic imine (C=N–C) groups is 1. The van der Waals surface area contributed by atoms with E-state index in [9.17, 15) is 31.9 Å². The van der Waals surface area contributed by atoms with Gasteiger partial charge in [-0.25, -0.2) is 4.99 Å². The number of nitrogens with zero attached hydrogens (tertiary/aromatic N) is 1. The van der Waals surface area contributed by atoms with Gasteiger partial charge >= 0.3 is 12.1 Å². The summed E-state index contributed by atoms with van der Waals surface area (Å²) in [7, 11) is 0. The molecule has 0 bridgehead atoms. The Morgan fingerprint density at radius 1 is 1.09 bits per heavy atom. The number of carbonyl (C=O) groups is 1. The van der Waals surface area contributed by atoms with Crippen molar-refractivity contribution in [3.8, 4) is 0 Å². The minimum absolute atomic E-state index is 0.173. The van der Waals surface area contributed by atoms with Gasteiger partial charge in [0.2, 0.25) is 0 Å². The number of allylic oxidation sites excluding steroid dienone is 1. The number of hydrogen-bond donors (Lipinski definition) is 1. The Kier molecular flexibility index (Phi) is 3.90. The molecule has 1 aromatic carbocycles. The van der Waals surface area contributed by atoms with Crippen molar-refractivity contribution in [2.24, 2.45) is 4.99 Å². The van der Waals surface area contributed by atoms with Crippen molar-refractivity contribution in [3.05, 3.63) is 42.5 Å². The maximum absolute atomic E-state index is 13.4. The predicted octanol–water partition coefficient (Wildman–Crippen LogP) is 3.22. The molecule has 3 nitrogen and oxygen atoms in total. The lowest BCUT2D eigenvalue weighted by atomic mass is 9.83. The van der Waals surface area contributed by atoms with Crippen LogP contribution in [0.3, 0.4) is 0 Å². The number of rotatable bonds is 2. The number of para-hydroxylation sites is 1. The summed E-state index contributed by atoms with van der Waals surface area (Å²) >= 11 is 0. The molecule has 1 aromatic rings. The molecule has 22 heavy (non-hydrogen) atoms. The van der Waals surface area contributed by atoms with Crippen LogP contribution in [0.4, 0.5) is 27.6 Å². The molecular weight excluding hydrogens is 309 g/mol. The molecule has 1 unspecified atom stereocenters. The molecule has 0 saturated heterocycles. The summed E-state index contributed by atoms with van der Waals surface area (Å²) in [5.74, 6) is -6.24. The fraction of sp³-hybridized carbons (Fsp3) is 0.286. The molecule has 0 saturated carbocycles. The highest BCUT2D eigenvalue weighted by Gasteiger charge is 2.69. The number of benzene rings is 1. The van der Waals surface area contributed by atoms with Gasteiger partial charge in [-0.3, -0.25) is 4.79 Å². The molecule has 1 aliphatic carbocycles. The van der Waals surface area contributed by atoms with Crippen molar-refractivity contribution < 1.29 is 31.9 Å². The van der Waals surface area contributed by atoms with Crippen LogP contribution < -0.4 is 0 Å². The highest BCUT2D eigenvalue weighted by atomic mass is 19.4. The van der Waals surface area contributed by atoms with Crippen LogP contribution in [-0.2, 0) is 4.79 Å². The molecular formula is C14H10F5NO2. The fourth-order valence-electron chi connectivity index (χ4n) is 1.93. The summed E-state index contributed by atoms with van der Waals surface area (Å²) in [6, 6.07) is 7.64. The zero-order valence-electron chi connectivity index (χ0n) is 10.9. The SMILES string of the molecule is O=C1C=CC(O)(C(F)(F)C(F)(F)F)CC1=Nc1ccccc1. The Balaban J connectivity index is 2.42. The lowest BCUT2D eigenvalue weighted by Crippen LogP contribution is -2.58. The molecule has 1 N–H and O–H groups in total. The van der Waals surface area contributed by atoms with Gasteiger partial charge in [-0.15, -0.1) is 0 Å². The molecule has 0 amide bonds. The van der Waals surface area contributed by atoms with Crippen molar-refractivity contribution in [1.82, 2.24) is 0 Å². The highest BCUT2D eigenvalue weighted by Crippen LogP contribution is 2.46. The van der Waals surface area contributed by atoms with Crippen molar-refractivity contribution in [3.63, 3.8) is 0 Å². The van der Waals surface area contributed by atoms with Gasteiger partial charge in [-0.1, -0.05) is 18.2 Å². The second-order valence-corrected chi connectivity index (χ2v) is 4.76.